The van der Waals surface area contributed by atoms with Crippen LogP contribution < -0.4 is 9.47 Å². The summed E-state index contributed by atoms with van der Waals surface area (Å²) in [5, 5.41) is 13.4. The highest BCUT2D eigenvalue weighted by Crippen LogP contribution is 2.39. The van der Waals surface area contributed by atoms with Crippen molar-refractivity contribution in [3.63, 3.8) is 0 Å². The van der Waals surface area contributed by atoms with E-state index in [1.54, 1.807) is 36.0 Å². The molecular formula is C18H21N3O5. The average molecular weight is 359 g/mol. The summed E-state index contributed by atoms with van der Waals surface area (Å²) in [5.41, 5.74) is 2.17. The van der Waals surface area contributed by atoms with Gasteiger partial charge in [0.15, 0.2) is 11.5 Å². The number of rotatable bonds is 5. The molecule has 0 saturated heterocycles. The first kappa shape index (κ1) is 17.8. The molecule has 138 valence electrons. The molecule has 8 nitrogen and oxygen atoms in total. The molecule has 1 unspecified atom stereocenters. The van der Waals surface area contributed by atoms with Crippen LogP contribution in [0.25, 0.3) is 0 Å². The second-order valence-electron chi connectivity index (χ2n) is 6.17. The second kappa shape index (κ2) is 7.07. The van der Waals surface area contributed by atoms with Crippen LogP contribution in [0.15, 0.2) is 24.5 Å². The highest BCUT2D eigenvalue weighted by molar-refractivity contribution is 5.94. The molecule has 1 aromatic heterocycles. The SMILES string of the molecule is COc1cc2c(cc1OC)C(CC(=O)O)N(C(=O)c1cnn(C)c1)CC2. The van der Waals surface area contributed by atoms with E-state index in [0.29, 0.717) is 30.0 Å². The summed E-state index contributed by atoms with van der Waals surface area (Å²) in [6.07, 6.45) is 3.54. The fourth-order valence-electron chi connectivity index (χ4n) is 3.35. The summed E-state index contributed by atoms with van der Waals surface area (Å²) < 4.78 is 12.2. The standard InChI is InChI=1S/C18H21N3O5/c1-20-10-12(9-19-20)18(24)21-5-4-11-6-15(25-2)16(26-3)7-13(11)14(21)8-17(22)23/h6-7,9-10,14H,4-5,8H2,1-3H3,(H,22,23). The average Bonchev–Trinajstić information content (AvgIpc) is 3.06. The van der Waals surface area contributed by atoms with Crippen molar-refractivity contribution in [3.8, 4) is 11.5 Å². The molecule has 26 heavy (non-hydrogen) atoms. The zero-order valence-corrected chi connectivity index (χ0v) is 14.9. The van der Waals surface area contributed by atoms with E-state index in [1.807, 2.05) is 6.07 Å². The third kappa shape index (κ3) is 3.22. The third-order valence-corrected chi connectivity index (χ3v) is 4.58. The Balaban J connectivity index is 2.03. The maximum atomic E-state index is 12.9. The van der Waals surface area contributed by atoms with E-state index in [1.165, 1.54) is 13.3 Å². The van der Waals surface area contributed by atoms with Crippen LogP contribution in [0.2, 0.25) is 0 Å². The number of hydrogen-bond acceptors (Lipinski definition) is 5. The van der Waals surface area contributed by atoms with Crippen molar-refractivity contribution in [2.45, 2.75) is 18.9 Å². The van der Waals surface area contributed by atoms with Crippen LogP contribution in [0, 0.1) is 0 Å². The molecule has 1 atom stereocenters. The fourth-order valence-corrected chi connectivity index (χ4v) is 3.35. The number of nitrogens with zero attached hydrogens (tertiary/aromatic N) is 3. The summed E-state index contributed by atoms with van der Waals surface area (Å²) in [4.78, 5) is 26.0. The Kier molecular flexibility index (Phi) is 4.83. The monoisotopic (exact) mass is 359 g/mol. The molecule has 0 aliphatic carbocycles. The number of aryl methyl sites for hydroxylation is 1. The molecule has 2 heterocycles. The van der Waals surface area contributed by atoms with Crippen molar-refractivity contribution in [2.75, 3.05) is 20.8 Å². The van der Waals surface area contributed by atoms with Crippen molar-refractivity contribution in [3.05, 3.63) is 41.2 Å². The van der Waals surface area contributed by atoms with Crippen molar-refractivity contribution in [1.82, 2.24) is 14.7 Å². The number of amides is 1. The van der Waals surface area contributed by atoms with Crippen LogP contribution in [-0.4, -0.2) is 52.4 Å². The van der Waals surface area contributed by atoms with E-state index in [9.17, 15) is 14.7 Å². The molecule has 0 radical (unpaired) electrons. The zero-order valence-electron chi connectivity index (χ0n) is 14.9. The Morgan fingerprint density at radius 2 is 1.96 bits per heavy atom. The predicted octanol–water partition coefficient (Wildman–Crippen LogP) is 1.65. The van der Waals surface area contributed by atoms with Crippen LogP contribution in [0.5, 0.6) is 11.5 Å². The first-order chi connectivity index (χ1) is 12.4. The number of fused-ring (bicyclic) bond motifs is 1. The number of carbonyl (C=O) groups is 2. The van der Waals surface area contributed by atoms with Gasteiger partial charge in [-0.3, -0.25) is 14.3 Å². The predicted molar refractivity (Wildman–Crippen MR) is 92.5 cm³/mol. The number of benzene rings is 1. The normalized spacial score (nSPS) is 16.1. The summed E-state index contributed by atoms with van der Waals surface area (Å²) in [7, 11) is 4.81. The van der Waals surface area contributed by atoms with E-state index in [-0.39, 0.29) is 12.3 Å². The van der Waals surface area contributed by atoms with Gasteiger partial charge in [-0.25, -0.2) is 0 Å². The van der Waals surface area contributed by atoms with Gasteiger partial charge in [0.05, 0.1) is 38.4 Å². The Morgan fingerprint density at radius 1 is 1.27 bits per heavy atom. The lowest BCUT2D eigenvalue weighted by molar-refractivity contribution is -0.138. The van der Waals surface area contributed by atoms with E-state index in [0.717, 1.165) is 11.1 Å². The van der Waals surface area contributed by atoms with Crippen LogP contribution in [0.3, 0.4) is 0 Å². The zero-order chi connectivity index (χ0) is 18.8. The van der Waals surface area contributed by atoms with Gasteiger partial charge < -0.3 is 19.5 Å². The number of aliphatic carboxylic acids is 1. The first-order valence-corrected chi connectivity index (χ1v) is 8.20. The Bertz CT molecular complexity index is 845. The first-order valence-electron chi connectivity index (χ1n) is 8.20. The summed E-state index contributed by atoms with van der Waals surface area (Å²) in [6, 6.07) is 3.04. The number of carboxylic acids is 1. The smallest absolute Gasteiger partial charge is 0.305 e. The van der Waals surface area contributed by atoms with Gasteiger partial charge in [0.25, 0.3) is 5.91 Å². The number of carbonyl (C=O) groups excluding carboxylic acids is 1. The maximum absolute atomic E-state index is 12.9. The Hall–Kier alpha value is -3.03. The van der Waals surface area contributed by atoms with Gasteiger partial charge in [-0.05, 0) is 29.7 Å². The second-order valence-corrected chi connectivity index (χ2v) is 6.17. The van der Waals surface area contributed by atoms with Gasteiger partial charge in [-0.2, -0.15) is 5.10 Å². The topological polar surface area (TPSA) is 93.9 Å². The van der Waals surface area contributed by atoms with Crippen LogP contribution in [0.4, 0.5) is 0 Å². The lowest BCUT2D eigenvalue weighted by atomic mass is 9.89. The molecule has 8 heteroatoms. The summed E-state index contributed by atoms with van der Waals surface area (Å²) in [5.74, 6) is -0.101. The van der Waals surface area contributed by atoms with Crippen molar-refractivity contribution >= 4 is 11.9 Å². The quantitative estimate of drug-likeness (QED) is 0.872. The van der Waals surface area contributed by atoms with Crippen LogP contribution in [-0.2, 0) is 18.3 Å². The highest BCUT2D eigenvalue weighted by atomic mass is 16.5. The molecule has 1 aliphatic heterocycles. The summed E-state index contributed by atoms with van der Waals surface area (Å²) in [6.45, 7) is 0.425. The molecule has 2 aromatic rings. The minimum absolute atomic E-state index is 0.186. The number of ether oxygens (including phenoxy) is 2. The number of hydrogen-bond donors (Lipinski definition) is 1. The lowest BCUT2D eigenvalue weighted by Gasteiger charge is -2.37. The van der Waals surface area contributed by atoms with E-state index < -0.39 is 12.0 Å². The van der Waals surface area contributed by atoms with Gasteiger partial charge >= 0.3 is 5.97 Å². The van der Waals surface area contributed by atoms with Gasteiger partial charge in [0.2, 0.25) is 0 Å². The molecule has 0 bridgehead atoms. The fraction of sp³-hybridized carbons (Fsp3) is 0.389. The van der Waals surface area contributed by atoms with Gasteiger partial charge in [0.1, 0.15) is 0 Å². The maximum Gasteiger partial charge on any atom is 0.305 e. The van der Waals surface area contributed by atoms with Crippen molar-refractivity contribution in [2.24, 2.45) is 7.05 Å². The number of methoxy groups -OCH3 is 2. The molecule has 1 aliphatic rings. The minimum Gasteiger partial charge on any atom is -0.493 e. The molecule has 1 amide bonds. The number of carboxylic acid groups (broad SMARTS) is 1. The molecule has 3 rings (SSSR count). The highest BCUT2D eigenvalue weighted by Gasteiger charge is 2.34. The number of aromatic nitrogens is 2. The molecule has 1 N–H and O–H groups in total. The Morgan fingerprint density at radius 3 is 2.54 bits per heavy atom. The van der Waals surface area contributed by atoms with Crippen LogP contribution >= 0.6 is 0 Å². The van der Waals surface area contributed by atoms with Crippen molar-refractivity contribution in [1.29, 1.82) is 0 Å². The van der Waals surface area contributed by atoms with Crippen LogP contribution in [0.1, 0.15) is 33.9 Å². The summed E-state index contributed by atoms with van der Waals surface area (Å²) >= 11 is 0. The van der Waals surface area contributed by atoms with Gasteiger partial charge in [-0.1, -0.05) is 0 Å². The molecule has 0 spiro atoms. The minimum atomic E-state index is -0.971. The molecule has 0 saturated carbocycles. The lowest BCUT2D eigenvalue weighted by Crippen LogP contribution is -2.41. The van der Waals surface area contributed by atoms with E-state index >= 15 is 0 Å². The largest absolute Gasteiger partial charge is 0.493 e. The third-order valence-electron chi connectivity index (χ3n) is 4.58. The van der Waals surface area contributed by atoms with Crippen molar-refractivity contribution < 1.29 is 24.2 Å². The molecule has 0 fully saturated rings. The molecular weight excluding hydrogens is 338 g/mol. The van der Waals surface area contributed by atoms with E-state index in [4.69, 9.17) is 9.47 Å². The molecule has 1 aromatic carbocycles. The van der Waals surface area contributed by atoms with Gasteiger partial charge in [0, 0.05) is 19.8 Å². The van der Waals surface area contributed by atoms with E-state index in [2.05, 4.69) is 5.10 Å². The van der Waals surface area contributed by atoms with Gasteiger partial charge in [-0.15, -0.1) is 0 Å². The Labute approximate surface area is 150 Å².